The maximum absolute atomic E-state index is 13.4. The van der Waals surface area contributed by atoms with Crippen LogP contribution < -0.4 is 21.5 Å². The summed E-state index contributed by atoms with van der Waals surface area (Å²) in [5.74, 6) is -1.23. The Kier molecular flexibility index (Phi) is 5.34. The van der Waals surface area contributed by atoms with Gasteiger partial charge in [0, 0.05) is 45.8 Å². The number of alkyl halides is 3. The predicted octanol–water partition coefficient (Wildman–Crippen LogP) is 0.807. The highest BCUT2D eigenvalue weighted by molar-refractivity contribution is 5.99. The van der Waals surface area contributed by atoms with Gasteiger partial charge in [0.25, 0.3) is 11.5 Å². The molecule has 0 radical (unpaired) electrons. The largest absolute Gasteiger partial charge is 0.395 e. The van der Waals surface area contributed by atoms with E-state index in [2.05, 4.69) is 30.2 Å². The van der Waals surface area contributed by atoms with Crippen LogP contribution in [0.5, 0.6) is 0 Å². The van der Waals surface area contributed by atoms with Crippen LogP contribution in [0, 0.1) is 5.92 Å². The van der Waals surface area contributed by atoms with Gasteiger partial charge in [-0.3, -0.25) is 18.7 Å². The summed E-state index contributed by atoms with van der Waals surface area (Å²) in [7, 11) is 2.87. The van der Waals surface area contributed by atoms with Crippen molar-refractivity contribution in [3.8, 4) is 11.4 Å². The zero-order valence-electron chi connectivity index (χ0n) is 20.7. The average molecular weight is 542 g/mol. The van der Waals surface area contributed by atoms with Crippen molar-refractivity contribution < 1.29 is 18.0 Å². The SMILES string of the molecule is Cn1c(=O)c2c(ncn2C2(C(=O)Nc3ccnc(-c4cnc(N5CC(C(F)(F)F)C5)nc4)n3)CC2)n(C)c1=O. The zero-order valence-corrected chi connectivity index (χ0v) is 20.7. The highest BCUT2D eigenvalue weighted by Gasteiger charge is 2.53. The fraction of sp³-hybridized carbons (Fsp3) is 0.391. The summed E-state index contributed by atoms with van der Waals surface area (Å²) in [4.78, 5) is 61.0. The Labute approximate surface area is 217 Å². The van der Waals surface area contributed by atoms with Crippen LogP contribution in [0.15, 0.2) is 40.6 Å². The first kappa shape index (κ1) is 24.7. The predicted molar refractivity (Wildman–Crippen MR) is 131 cm³/mol. The molecule has 1 amide bonds. The highest BCUT2D eigenvalue weighted by Crippen LogP contribution is 2.45. The lowest BCUT2D eigenvalue weighted by Crippen LogP contribution is -2.54. The maximum atomic E-state index is 13.4. The van der Waals surface area contributed by atoms with Crippen LogP contribution in [0.1, 0.15) is 12.8 Å². The van der Waals surface area contributed by atoms with Gasteiger partial charge in [-0.25, -0.2) is 29.7 Å². The standard InChI is InChI=1S/C23H21F3N10O3/c1-33-17-15(18(37)34(2)21(33)39)36(11-30-17)22(4-5-22)19(38)32-14-3-6-27-16(31-14)12-7-28-20(29-8-12)35-9-13(10-35)23(24,25)26/h3,6-8,11,13H,4-5,9-10H2,1-2H3,(H,27,31,32,38). The molecule has 2 fully saturated rings. The summed E-state index contributed by atoms with van der Waals surface area (Å²) in [6, 6.07) is 1.50. The van der Waals surface area contributed by atoms with Crippen molar-refractivity contribution in [2.75, 3.05) is 23.3 Å². The number of amides is 1. The third kappa shape index (κ3) is 3.93. The Hall–Kier alpha value is -4.63. The first-order chi connectivity index (χ1) is 18.5. The van der Waals surface area contributed by atoms with E-state index in [1.165, 1.54) is 59.1 Å². The molecule has 4 aromatic heterocycles. The average Bonchev–Trinajstić information content (AvgIpc) is 3.56. The molecule has 6 rings (SSSR count). The number of nitrogens with one attached hydrogen (secondary N) is 1. The molecule has 5 heterocycles. The molecule has 1 N–H and O–H groups in total. The van der Waals surface area contributed by atoms with Crippen molar-refractivity contribution in [2.24, 2.45) is 20.0 Å². The number of nitrogens with zero attached hydrogens (tertiary/aromatic N) is 9. The summed E-state index contributed by atoms with van der Waals surface area (Å²) in [6.45, 7) is -0.394. The van der Waals surface area contributed by atoms with Gasteiger partial charge in [-0.2, -0.15) is 13.2 Å². The minimum absolute atomic E-state index is 0.150. The summed E-state index contributed by atoms with van der Waals surface area (Å²) in [6.07, 6.45) is 2.30. The topological polar surface area (TPSA) is 146 Å². The lowest BCUT2D eigenvalue weighted by Gasteiger charge is -2.39. The van der Waals surface area contributed by atoms with Crippen molar-refractivity contribution in [2.45, 2.75) is 24.6 Å². The maximum Gasteiger partial charge on any atom is 0.395 e. The van der Waals surface area contributed by atoms with Crippen LogP contribution in [0.3, 0.4) is 0 Å². The molecular weight excluding hydrogens is 521 g/mol. The van der Waals surface area contributed by atoms with Gasteiger partial charge in [-0.15, -0.1) is 0 Å². The second-order valence-corrected chi connectivity index (χ2v) is 9.66. The van der Waals surface area contributed by atoms with E-state index in [4.69, 9.17) is 0 Å². The van der Waals surface area contributed by atoms with E-state index in [0.717, 1.165) is 4.57 Å². The molecule has 1 saturated carbocycles. The molecule has 4 aromatic rings. The van der Waals surface area contributed by atoms with E-state index in [9.17, 15) is 27.6 Å². The fourth-order valence-electron chi connectivity index (χ4n) is 4.61. The summed E-state index contributed by atoms with van der Waals surface area (Å²) in [5.41, 5.74) is -1.40. The molecule has 2 aliphatic rings. The van der Waals surface area contributed by atoms with Crippen molar-refractivity contribution in [3.63, 3.8) is 0 Å². The molecule has 0 aromatic carbocycles. The molecular formula is C23H21F3N10O3. The summed E-state index contributed by atoms with van der Waals surface area (Å²) < 4.78 is 42.0. The first-order valence-electron chi connectivity index (χ1n) is 11.9. The lowest BCUT2D eigenvalue weighted by molar-refractivity contribution is -0.180. The number of hydrogen-bond donors (Lipinski definition) is 1. The second-order valence-electron chi connectivity index (χ2n) is 9.66. The molecule has 1 aliphatic carbocycles. The zero-order chi connectivity index (χ0) is 27.7. The van der Waals surface area contributed by atoms with Gasteiger partial charge in [-0.1, -0.05) is 0 Å². The quantitative estimate of drug-likeness (QED) is 0.387. The number of fused-ring (bicyclic) bond motifs is 1. The number of anilines is 2. The van der Waals surface area contributed by atoms with Crippen LogP contribution in [-0.4, -0.2) is 63.8 Å². The fourth-order valence-corrected chi connectivity index (χ4v) is 4.61. The summed E-state index contributed by atoms with van der Waals surface area (Å²) in [5, 5.41) is 2.76. The monoisotopic (exact) mass is 542 g/mol. The number of hydrogen-bond acceptors (Lipinski definition) is 9. The Morgan fingerprint density at radius 1 is 1.05 bits per heavy atom. The van der Waals surface area contributed by atoms with Crippen LogP contribution in [0.2, 0.25) is 0 Å². The number of aromatic nitrogens is 8. The Morgan fingerprint density at radius 2 is 1.74 bits per heavy atom. The number of imidazole rings is 1. The molecule has 16 heteroatoms. The molecule has 0 bridgehead atoms. The van der Waals surface area contributed by atoms with Crippen LogP contribution in [0.25, 0.3) is 22.6 Å². The molecule has 13 nitrogen and oxygen atoms in total. The molecule has 0 spiro atoms. The van der Waals surface area contributed by atoms with Gasteiger partial charge in [0.1, 0.15) is 11.4 Å². The molecule has 1 aliphatic heterocycles. The van der Waals surface area contributed by atoms with Gasteiger partial charge >= 0.3 is 11.9 Å². The number of carbonyl (C=O) groups is 1. The van der Waals surface area contributed by atoms with Crippen molar-refractivity contribution in [1.29, 1.82) is 0 Å². The molecule has 0 unspecified atom stereocenters. The van der Waals surface area contributed by atoms with Gasteiger partial charge in [-0.05, 0) is 18.9 Å². The third-order valence-electron chi connectivity index (χ3n) is 7.18. The number of carbonyl (C=O) groups excluding carboxylic acids is 1. The first-order valence-corrected chi connectivity index (χ1v) is 11.9. The normalized spacial score (nSPS) is 16.8. The van der Waals surface area contributed by atoms with E-state index < -0.39 is 34.8 Å². The minimum atomic E-state index is -4.24. The van der Waals surface area contributed by atoms with E-state index in [1.54, 1.807) is 0 Å². The highest BCUT2D eigenvalue weighted by atomic mass is 19.4. The Bertz CT molecular complexity index is 1730. The third-order valence-corrected chi connectivity index (χ3v) is 7.18. The molecule has 1 saturated heterocycles. The van der Waals surface area contributed by atoms with E-state index >= 15 is 0 Å². The van der Waals surface area contributed by atoms with Crippen molar-refractivity contribution in [3.05, 3.63) is 51.8 Å². The smallest absolute Gasteiger partial charge is 0.339 e. The molecule has 39 heavy (non-hydrogen) atoms. The molecule has 0 atom stereocenters. The van der Waals surface area contributed by atoms with Gasteiger partial charge in [0.05, 0.1) is 17.8 Å². The minimum Gasteiger partial charge on any atom is -0.339 e. The van der Waals surface area contributed by atoms with Gasteiger partial charge in [0.15, 0.2) is 17.0 Å². The van der Waals surface area contributed by atoms with E-state index in [0.29, 0.717) is 18.4 Å². The van der Waals surface area contributed by atoms with Crippen molar-refractivity contribution >= 4 is 28.8 Å². The Morgan fingerprint density at radius 3 is 2.38 bits per heavy atom. The van der Waals surface area contributed by atoms with Gasteiger partial charge < -0.3 is 14.8 Å². The lowest BCUT2D eigenvalue weighted by atomic mass is 10.0. The van der Waals surface area contributed by atoms with Crippen LogP contribution in [-0.2, 0) is 24.4 Å². The Balaban J connectivity index is 1.22. The molecule has 202 valence electrons. The number of rotatable bonds is 5. The number of halogens is 3. The second kappa shape index (κ2) is 8.44. The van der Waals surface area contributed by atoms with Crippen LogP contribution in [0.4, 0.5) is 24.9 Å². The van der Waals surface area contributed by atoms with E-state index in [-0.39, 0.29) is 41.8 Å². The van der Waals surface area contributed by atoms with E-state index in [1.807, 2.05) is 0 Å². The number of aryl methyl sites for hydroxylation is 1. The van der Waals surface area contributed by atoms with Crippen molar-refractivity contribution in [1.82, 2.24) is 38.6 Å². The summed E-state index contributed by atoms with van der Waals surface area (Å²) >= 11 is 0. The van der Waals surface area contributed by atoms with Gasteiger partial charge in [0.2, 0.25) is 5.95 Å². The van der Waals surface area contributed by atoms with Crippen LogP contribution >= 0.6 is 0 Å².